The number of carbonyl (C=O) groups excluding carboxylic acids is 1. The van der Waals surface area contributed by atoms with Crippen molar-refractivity contribution in [1.29, 1.82) is 0 Å². The summed E-state index contributed by atoms with van der Waals surface area (Å²) in [7, 11) is -4.00. The van der Waals surface area contributed by atoms with Gasteiger partial charge in [-0.3, -0.25) is 0 Å². The summed E-state index contributed by atoms with van der Waals surface area (Å²) in [5.41, 5.74) is -0.0711. The lowest BCUT2D eigenvalue weighted by Gasteiger charge is -2.26. The molecule has 0 radical (unpaired) electrons. The number of halogens is 1. The van der Waals surface area contributed by atoms with Crippen molar-refractivity contribution in [2.75, 3.05) is 13.1 Å². The lowest BCUT2D eigenvalue weighted by molar-refractivity contribution is 0.0436. The van der Waals surface area contributed by atoms with Crippen LogP contribution in [-0.2, 0) is 21.4 Å². The van der Waals surface area contributed by atoms with Gasteiger partial charge >= 0.3 is 5.97 Å². The number of sulfonamides is 1. The predicted molar refractivity (Wildman–Crippen MR) is 87.2 cm³/mol. The number of carbonyl (C=O) groups is 1. The first-order valence-electron chi connectivity index (χ1n) is 8.14. The molecule has 1 aliphatic rings. The molecule has 0 N–H and O–H groups in total. The summed E-state index contributed by atoms with van der Waals surface area (Å²) in [6.45, 7) is 2.02. The van der Waals surface area contributed by atoms with E-state index >= 15 is 0 Å². The van der Waals surface area contributed by atoms with E-state index in [9.17, 15) is 17.6 Å². The molecule has 0 saturated carbocycles. The fourth-order valence-corrected chi connectivity index (χ4v) is 4.29. The molecule has 2 aromatic rings. The van der Waals surface area contributed by atoms with Gasteiger partial charge < -0.3 is 9.15 Å². The topological polar surface area (TPSA) is 103 Å². The Labute approximate surface area is 150 Å². The van der Waals surface area contributed by atoms with Crippen LogP contribution in [0.3, 0.4) is 0 Å². The van der Waals surface area contributed by atoms with Crippen LogP contribution in [0.1, 0.15) is 41.4 Å². The predicted octanol–water partition coefficient (Wildman–Crippen LogP) is 2.05. The molecule has 1 aliphatic heterocycles. The van der Waals surface area contributed by atoms with Crippen LogP contribution in [0.5, 0.6) is 0 Å². The van der Waals surface area contributed by atoms with Gasteiger partial charge in [0, 0.05) is 20.0 Å². The first kappa shape index (κ1) is 18.5. The van der Waals surface area contributed by atoms with Crippen molar-refractivity contribution < 1.29 is 26.8 Å². The lowest BCUT2D eigenvalue weighted by atomic mass is 10.2. The maximum Gasteiger partial charge on any atom is 0.338 e. The van der Waals surface area contributed by atoms with E-state index in [-0.39, 0.29) is 18.1 Å². The highest BCUT2D eigenvalue weighted by Crippen LogP contribution is 2.24. The molecular weight excluding hydrogens is 365 g/mol. The van der Waals surface area contributed by atoms with Gasteiger partial charge in [0.05, 0.1) is 5.56 Å². The number of hydrogen-bond acceptors (Lipinski definition) is 7. The molecule has 0 amide bonds. The van der Waals surface area contributed by atoms with Crippen molar-refractivity contribution in [3.8, 4) is 0 Å². The molecule has 26 heavy (non-hydrogen) atoms. The van der Waals surface area contributed by atoms with Gasteiger partial charge in [0.1, 0.15) is 10.7 Å². The summed E-state index contributed by atoms with van der Waals surface area (Å²) in [5.74, 6) is -1.28. The third-order valence-corrected chi connectivity index (χ3v) is 5.91. The Morgan fingerprint density at radius 3 is 2.65 bits per heavy atom. The van der Waals surface area contributed by atoms with Crippen molar-refractivity contribution in [3.63, 3.8) is 0 Å². The number of aryl methyl sites for hydroxylation is 1. The van der Waals surface area contributed by atoms with E-state index in [1.54, 1.807) is 6.92 Å². The Bertz CT molecular complexity index is 906. The zero-order chi connectivity index (χ0) is 18.7. The summed E-state index contributed by atoms with van der Waals surface area (Å²) >= 11 is 0. The first-order valence-corrected chi connectivity index (χ1v) is 9.58. The second-order valence-corrected chi connectivity index (χ2v) is 7.81. The number of esters is 1. The van der Waals surface area contributed by atoms with Crippen molar-refractivity contribution in [2.24, 2.45) is 0 Å². The summed E-state index contributed by atoms with van der Waals surface area (Å²) in [6, 6.07) is 3.12. The van der Waals surface area contributed by atoms with Crippen molar-refractivity contribution in [3.05, 3.63) is 41.4 Å². The van der Waals surface area contributed by atoms with Crippen LogP contribution in [0.25, 0.3) is 0 Å². The Balaban J connectivity index is 1.79. The van der Waals surface area contributed by atoms with E-state index in [2.05, 4.69) is 10.2 Å². The van der Waals surface area contributed by atoms with Gasteiger partial charge in [-0.25, -0.2) is 17.6 Å². The number of aromatic nitrogens is 2. The third kappa shape index (κ3) is 3.91. The standard InChI is InChI=1S/C16H18FN3O5S/c1-11-18-19-15(25-11)10-24-16(21)12-5-6-13(17)14(9-12)26(22,23)20-7-3-2-4-8-20/h5-6,9H,2-4,7-8,10H2,1H3. The molecule has 0 unspecified atom stereocenters. The molecular formula is C16H18FN3O5S. The minimum atomic E-state index is -4.00. The quantitative estimate of drug-likeness (QED) is 0.728. The minimum Gasteiger partial charge on any atom is -0.452 e. The van der Waals surface area contributed by atoms with Gasteiger partial charge in [-0.15, -0.1) is 10.2 Å². The molecule has 10 heteroatoms. The molecule has 0 atom stereocenters. The summed E-state index contributed by atoms with van der Waals surface area (Å²) < 4.78 is 50.8. The zero-order valence-electron chi connectivity index (χ0n) is 14.1. The number of ether oxygens (including phenoxy) is 1. The monoisotopic (exact) mass is 383 g/mol. The Morgan fingerprint density at radius 2 is 2.00 bits per heavy atom. The number of piperidine rings is 1. The van der Waals surface area contributed by atoms with Crippen LogP contribution in [0.15, 0.2) is 27.5 Å². The average Bonchev–Trinajstić information content (AvgIpc) is 3.06. The van der Waals surface area contributed by atoms with E-state index in [0.717, 1.165) is 31.4 Å². The van der Waals surface area contributed by atoms with Gasteiger partial charge in [0.25, 0.3) is 5.89 Å². The third-order valence-electron chi connectivity index (χ3n) is 3.99. The van der Waals surface area contributed by atoms with Gasteiger partial charge in [-0.05, 0) is 31.0 Å². The maximum atomic E-state index is 14.1. The fraction of sp³-hybridized carbons (Fsp3) is 0.438. The highest BCUT2D eigenvalue weighted by molar-refractivity contribution is 7.89. The smallest absolute Gasteiger partial charge is 0.338 e. The summed E-state index contributed by atoms with van der Waals surface area (Å²) in [6.07, 6.45) is 2.40. The van der Waals surface area contributed by atoms with Crippen molar-refractivity contribution in [2.45, 2.75) is 37.7 Å². The minimum absolute atomic E-state index is 0.0711. The molecule has 3 rings (SSSR count). The molecule has 0 aliphatic carbocycles. The molecule has 140 valence electrons. The van der Waals surface area contributed by atoms with E-state index < -0.39 is 26.7 Å². The Hall–Kier alpha value is -2.33. The summed E-state index contributed by atoms with van der Waals surface area (Å²) in [4.78, 5) is 11.6. The van der Waals surface area contributed by atoms with Gasteiger partial charge in [-0.2, -0.15) is 4.31 Å². The molecule has 8 nitrogen and oxygen atoms in total. The maximum absolute atomic E-state index is 14.1. The number of nitrogens with zero attached hydrogens (tertiary/aromatic N) is 3. The normalized spacial score (nSPS) is 15.8. The number of hydrogen-bond donors (Lipinski definition) is 0. The highest BCUT2D eigenvalue weighted by atomic mass is 32.2. The van der Waals surface area contributed by atoms with Crippen LogP contribution in [0.2, 0.25) is 0 Å². The highest BCUT2D eigenvalue weighted by Gasteiger charge is 2.29. The molecule has 1 saturated heterocycles. The molecule has 2 heterocycles. The molecule has 1 aromatic heterocycles. The van der Waals surface area contributed by atoms with Crippen molar-refractivity contribution >= 4 is 16.0 Å². The number of rotatable bonds is 5. The lowest BCUT2D eigenvalue weighted by Crippen LogP contribution is -2.36. The molecule has 0 spiro atoms. The second kappa shape index (κ2) is 7.50. The van der Waals surface area contributed by atoms with Gasteiger partial charge in [0.2, 0.25) is 15.9 Å². The van der Waals surface area contributed by atoms with Crippen LogP contribution in [0.4, 0.5) is 4.39 Å². The first-order chi connectivity index (χ1) is 12.4. The molecule has 0 bridgehead atoms. The second-order valence-electron chi connectivity index (χ2n) is 5.90. The molecule has 1 fully saturated rings. The molecule has 1 aromatic carbocycles. The Morgan fingerprint density at radius 1 is 1.27 bits per heavy atom. The SMILES string of the molecule is Cc1nnc(COC(=O)c2ccc(F)c(S(=O)(=O)N3CCCCC3)c2)o1. The summed E-state index contributed by atoms with van der Waals surface area (Å²) in [5, 5.41) is 7.29. The van der Waals surface area contributed by atoms with Gasteiger partial charge in [-0.1, -0.05) is 6.42 Å². The van der Waals surface area contributed by atoms with Crippen LogP contribution >= 0.6 is 0 Å². The van der Waals surface area contributed by atoms with E-state index in [0.29, 0.717) is 19.0 Å². The van der Waals surface area contributed by atoms with E-state index in [1.165, 1.54) is 10.4 Å². The largest absolute Gasteiger partial charge is 0.452 e. The van der Waals surface area contributed by atoms with E-state index in [4.69, 9.17) is 9.15 Å². The number of benzene rings is 1. The van der Waals surface area contributed by atoms with Crippen molar-refractivity contribution in [1.82, 2.24) is 14.5 Å². The van der Waals surface area contributed by atoms with Gasteiger partial charge in [0.15, 0.2) is 6.61 Å². The van der Waals surface area contributed by atoms with E-state index in [1.807, 2.05) is 0 Å². The zero-order valence-corrected chi connectivity index (χ0v) is 15.0. The van der Waals surface area contributed by atoms with Crippen LogP contribution < -0.4 is 0 Å². The Kier molecular flexibility index (Phi) is 5.33. The fourth-order valence-electron chi connectivity index (χ4n) is 2.68. The van der Waals surface area contributed by atoms with Crippen LogP contribution in [-0.4, -0.2) is 42.0 Å². The van der Waals surface area contributed by atoms with Crippen LogP contribution in [0, 0.1) is 12.7 Å². The average molecular weight is 383 g/mol.